The molecule has 0 radical (unpaired) electrons. The molecular weight excluding hydrogens is 414 g/mol. The molecule has 2 aliphatic rings. The summed E-state index contributed by atoms with van der Waals surface area (Å²) in [6, 6.07) is 7.64. The van der Waals surface area contributed by atoms with Gasteiger partial charge in [-0.2, -0.15) is 0 Å². The van der Waals surface area contributed by atoms with Crippen LogP contribution < -0.4 is 15.4 Å². The van der Waals surface area contributed by atoms with Crippen molar-refractivity contribution in [1.82, 2.24) is 14.6 Å². The van der Waals surface area contributed by atoms with Crippen LogP contribution >= 0.6 is 0 Å². The highest BCUT2D eigenvalue weighted by Gasteiger charge is 2.22. The number of carbonyl (C=O) groups is 1. The van der Waals surface area contributed by atoms with Crippen molar-refractivity contribution in [2.75, 3.05) is 37.0 Å². The van der Waals surface area contributed by atoms with Gasteiger partial charge in [0, 0.05) is 17.8 Å². The Morgan fingerprint density at radius 3 is 2.68 bits per heavy atom. The van der Waals surface area contributed by atoms with Crippen LogP contribution in [-0.2, 0) is 22.9 Å². The number of hydrogen-bond donors (Lipinski definition) is 3. The number of benzene rings is 1. The Labute approximate surface area is 183 Å². The van der Waals surface area contributed by atoms with Gasteiger partial charge >= 0.3 is 6.03 Å². The Hall–Kier alpha value is -2.65. The number of anilines is 2. The van der Waals surface area contributed by atoms with Crippen LogP contribution in [-0.4, -0.2) is 56.8 Å². The third-order valence-electron chi connectivity index (χ3n) is 5.94. The van der Waals surface area contributed by atoms with Gasteiger partial charge in [0.15, 0.2) is 0 Å². The lowest BCUT2D eigenvalue weighted by atomic mass is 9.97. The summed E-state index contributed by atoms with van der Waals surface area (Å²) in [5.41, 5.74) is 4.72. The molecule has 0 spiro atoms. The fourth-order valence-electron chi connectivity index (χ4n) is 4.40. The Bertz CT molecular complexity index is 1080. The molecule has 0 saturated carbocycles. The number of nitrogens with one attached hydrogen (secondary N) is 3. The quantitative estimate of drug-likeness (QED) is 0.657. The van der Waals surface area contributed by atoms with E-state index in [2.05, 4.69) is 33.6 Å². The van der Waals surface area contributed by atoms with Crippen molar-refractivity contribution in [2.24, 2.45) is 0 Å². The lowest BCUT2D eigenvalue weighted by Crippen LogP contribution is -2.36. The first-order chi connectivity index (χ1) is 14.8. The summed E-state index contributed by atoms with van der Waals surface area (Å²) in [5.74, 6) is 0.805. The second-order valence-corrected chi connectivity index (χ2v) is 10.2. The van der Waals surface area contributed by atoms with Crippen molar-refractivity contribution in [3.8, 4) is 11.1 Å². The normalized spacial score (nSPS) is 17.2. The van der Waals surface area contributed by atoms with E-state index in [0.717, 1.165) is 74.0 Å². The Kier molecular flexibility index (Phi) is 6.15. The first-order valence-corrected chi connectivity index (χ1v) is 12.5. The van der Waals surface area contributed by atoms with Gasteiger partial charge in [-0.05, 0) is 81.1 Å². The molecule has 1 saturated heterocycles. The van der Waals surface area contributed by atoms with Crippen LogP contribution in [0.25, 0.3) is 11.1 Å². The Balaban J connectivity index is 1.62. The number of likely N-dealkylation sites (tertiary alicyclic amines) is 1. The topological polar surface area (TPSA) is 103 Å². The van der Waals surface area contributed by atoms with Crippen LogP contribution in [0.1, 0.15) is 30.4 Å². The number of piperidine rings is 1. The summed E-state index contributed by atoms with van der Waals surface area (Å²) in [6.45, 7) is 2.12. The molecule has 8 nitrogen and oxygen atoms in total. The monoisotopic (exact) mass is 443 g/mol. The third-order valence-corrected chi connectivity index (χ3v) is 6.50. The predicted octanol–water partition coefficient (Wildman–Crippen LogP) is 2.82. The molecule has 2 heterocycles. The standard InChI is InChI=1S/C22H29N5O3S/c1-27-12-9-17(10-13-27)24-20-14-16(8-11-23-20)19-7-6-15-4-3-5-18(15)21(19)25-22(28)26-31(2,29)30/h6-8,11,14,17H,3-5,9-10,12-13H2,1-2H3,(H,23,24)(H2,25,26,28). The molecule has 31 heavy (non-hydrogen) atoms. The molecule has 166 valence electrons. The Morgan fingerprint density at radius 2 is 1.94 bits per heavy atom. The van der Waals surface area contributed by atoms with Gasteiger partial charge in [-0.1, -0.05) is 12.1 Å². The van der Waals surface area contributed by atoms with E-state index >= 15 is 0 Å². The van der Waals surface area contributed by atoms with Crippen LogP contribution in [0.15, 0.2) is 30.5 Å². The predicted molar refractivity (Wildman–Crippen MR) is 123 cm³/mol. The van der Waals surface area contributed by atoms with E-state index in [1.165, 1.54) is 5.56 Å². The zero-order valence-corrected chi connectivity index (χ0v) is 18.8. The molecule has 0 unspecified atom stereocenters. The lowest BCUT2D eigenvalue weighted by Gasteiger charge is -2.29. The smallest absolute Gasteiger partial charge is 0.332 e. The number of aromatic nitrogens is 1. The Morgan fingerprint density at radius 1 is 1.16 bits per heavy atom. The molecule has 2 aromatic rings. The highest BCUT2D eigenvalue weighted by atomic mass is 32.2. The van der Waals surface area contributed by atoms with E-state index < -0.39 is 16.1 Å². The number of sulfonamides is 1. The maximum absolute atomic E-state index is 12.3. The molecule has 9 heteroatoms. The van der Waals surface area contributed by atoms with Crippen LogP contribution in [0, 0.1) is 0 Å². The van der Waals surface area contributed by atoms with Gasteiger partial charge in [-0.25, -0.2) is 22.9 Å². The molecule has 4 rings (SSSR count). The summed E-state index contributed by atoms with van der Waals surface area (Å²) < 4.78 is 25.0. The summed E-state index contributed by atoms with van der Waals surface area (Å²) in [4.78, 5) is 19.1. The first-order valence-electron chi connectivity index (χ1n) is 10.6. The molecular formula is C22H29N5O3S. The number of carbonyl (C=O) groups excluding carboxylic acids is 1. The second-order valence-electron chi connectivity index (χ2n) is 8.46. The number of hydrogen-bond acceptors (Lipinski definition) is 6. The van der Waals surface area contributed by atoms with Gasteiger partial charge in [0.1, 0.15) is 5.82 Å². The summed E-state index contributed by atoms with van der Waals surface area (Å²) >= 11 is 0. The van der Waals surface area contributed by atoms with Crippen molar-refractivity contribution < 1.29 is 13.2 Å². The molecule has 0 atom stereocenters. The minimum Gasteiger partial charge on any atom is -0.367 e. The fraction of sp³-hybridized carbons (Fsp3) is 0.455. The van der Waals surface area contributed by atoms with E-state index in [1.54, 1.807) is 6.20 Å². The van der Waals surface area contributed by atoms with E-state index in [9.17, 15) is 13.2 Å². The fourth-order valence-corrected chi connectivity index (χ4v) is 4.78. The van der Waals surface area contributed by atoms with Crippen LogP contribution in [0.2, 0.25) is 0 Å². The number of urea groups is 1. The van der Waals surface area contributed by atoms with Gasteiger partial charge in [0.05, 0.1) is 11.9 Å². The summed E-state index contributed by atoms with van der Waals surface area (Å²) in [5, 5.41) is 6.33. The average Bonchev–Trinajstić information content (AvgIpc) is 3.18. The molecule has 1 aliphatic heterocycles. The number of pyridine rings is 1. The van der Waals surface area contributed by atoms with Gasteiger partial charge in [-0.15, -0.1) is 0 Å². The van der Waals surface area contributed by atoms with E-state index in [4.69, 9.17) is 0 Å². The molecule has 1 aromatic heterocycles. The van der Waals surface area contributed by atoms with Gasteiger partial charge in [-0.3, -0.25) is 0 Å². The van der Waals surface area contributed by atoms with Crippen molar-refractivity contribution in [3.63, 3.8) is 0 Å². The number of amides is 2. The van der Waals surface area contributed by atoms with Gasteiger partial charge < -0.3 is 15.5 Å². The zero-order chi connectivity index (χ0) is 22.0. The molecule has 1 aliphatic carbocycles. The lowest BCUT2D eigenvalue weighted by molar-refractivity contribution is 0.256. The second kappa shape index (κ2) is 8.84. The average molecular weight is 444 g/mol. The van der Waals surface area contributed by atoms with Crippen LogP contribution in [0.4, 0.5) is 16.3 Å². The SMILES string of the molecule is CN1CCC(Nc2cc(-c3ccc4c(c3NC(=O)NS(C)(=O)=O)CCC4)ccn2)CC1. The van der Waals surface area contributed by atoms with E-state index in [-0.39, 0.29) is 0 Å². The number of fused-ring (bicyclic) bond motifs is 1. The zero-order valence-electron chi connectivity index (χ0n) is 17.9. The number of rotatable bonds is 5. The molecule has 2 amide bonds. The van der Waals surface area contributed by atoms with Crippen molar-refractivity contribution in [1.29, 1.82) is 0 Å². The minimum atomic E-state index is -3.65. The summed E-state index contributed by atoms with van der Waals surface area (Å²) in [7, 11) is -1.51. The molecule has 1 fully saturated rings. The number of nitrogens with zero attached hydrogens (tertiary/aromatic N) is 2. The third kappa shape index (κ3) is 5.34. The highest BCUT2D eigenvalue weighted by molar-refractivity contribution is 7.89. The van der Waals surface area contributed by atoms with Crippen molar-refractivity contribution in [3.05, 3.63) is 41.6 Å². The van der Waals surface area contributed by atoms with Gasteiger partial charge in [0.2, 0.25) is 10.0 Å². The maximum Gasteiger partial charge on any atom is 0.332 e. The molecule has 1 aromatic carbocycles. The highest BCUT2D eigenvalue weighted by Crippen LogP contribution is 2.38. The maximum atomic E-state index is 12.3. The minimum absolute atomic E-state index is 0.386. The van der Waals surface area contributed by atoms with Crippen LogP contribution in [0.3, 0.4) is 0 Å². The molecule has 3 N–H and O–H groups in total. The largest absolute Gasteiger partial charge is 0.367 e. The van der Waals surface area contributed by atoms with Crippen molar-refractivity contribution >= 4 is 27.6 Å². The molecule has 0 bridgehead atoms. The first kappa shape index (κ1) is 21.6. The van der Waals surface area contributed by atoms with Crippen molar-refractivity contribution in [2.45, 2.75) is 38.1 Å². The van der Waals surface area contributed by atoms with E-state index in [0.29, 0.717) is 11.7 Å². The van der Waals surface area contributed by atoms with E-state index in [1.807, 2.05) is 22.9 Å². The van der Waals surface area contributed by atoms with Crippen LogP contribution in [0.5, 0.6) is 0 Å². The number of aryl methyl sites for hydroxylation is 1. The van der Waals surface area contributed by atoms with Gasteiger partial charge in [0.25, 0.3) is 0 Å². The summed E-state index contributed by atoms with van der Waals surface area (Å²) in [6.07, 6.45) is 7.69.